The van der Waals surface area contributed by atoms with Crippen LogP contribution in [0.1, 0.15) is 23.3 Å². The summed E-state index contributed by atoms with van der Waals surface area (Å²) < 4.78 is 10.2. The van der Waals surface area contributed by atoms with E-state index >= 15 is 0 Å². The third kappa shape index (κ3) is 2.41. The van der Waals surface area contributed by atoms with Crippen LogP contribution in [-0.2, 0) is 6.61 Å². The summed E-state index contributed by atoms with van der Waals surface area (Å²) >= 11 is 0. The van der Waals surface area contributed by atoms with E-state index < -0.39 is 0 Å². The van der Waals surface area contributed by atoms with E-state index in [0.717, 1.165) is 0 Å². The van der Waals surface area contributed by atoms with E-state index in [0.29, 0.717) is 17.5 Å². The maximum atomic E-state index is 10.9. The fraction of sp³-hybridized carbons (Fsp3) is 0.200. The van der Waals surface area contributed by atoms with Gasteiger partial charge in [0.15, 0.2) is 12.4 Å². The van der Waals surface area contributed by atoms with Gasteiger partial charge in [-0.3, -0.25) is 4.79 Å². The normalized spacial score (nSPS) is 10.1. The van der Waals surface area contributed by atoms with E-state index in [1.165, 1.54) is 31.8 Å². The summed E-state index contributed by atoms with van der Waals surface area (Å²) in [4.78, 5) is 22.6. The first kappa shape index (κ1) is 10.3. The average molecular weight is 219 g/mol. The minimum atomic E-state index is -0.133. The van der Waals surface area contributed by atoms with Crippen LogP contribution in [0.4, 0.5) is 0 Å². The molecule has 0 aliphatic carbocycles. The quantitative estimate of drug-likeness (QED) is 0.720. The number of Topliss-reactive ketones (excluding diaryl/α,β-unsaturated/α-hetero) is 1. The lowest BCUT2D eigenvalue weighted by atomic mass is 10.3. The topological polar surface area (TPSA) is 78.1 Å². The number of nitrogens with zero attached hydrogens (tertiary/aromatic N) is 3. The standard InChI is InChI=1S/C10H9N3O3/c1-7(14)8-4-13-9(5-12-8)16-6-10-11-2-3-15-10/h2-5H,6H2,1H3. The van der Waals surface area contributed by atoms with E-state index in [2.05, 4.69) is 15.0 Å². The Balaban J connectivity index is 1.98. The molecule has 0 aliphatic heterocycles. The zero-order valence-corrected chi connectivity index (χ0v) is 8.58. The van der Waals surface area contributed by atoms with Crippen molar-refractivity contribution < 1.29 is 13.9 Å². The molecule has 0 radical (unpaired) electrons. The lowest BCUT2D eigenvalue weighted by molar-refractivity contribution is 0.101. The molecule has 2 aromatic heterocycles. The van der Waals surface area contributed by atoms with Gasteiger partial charge in [0.1, 0.15) is 12.0 Å². The lowest BCUT2D eigenvalue weighted by Gasteiger charge is -2.01. The number of rotatable bonds is 4. The first-order valence-electron chi connectivity index (χ1n) is 4.60. The summed E-state index contributed by atoms with van der Waals surface area (Å²) in [6, 6.07) is 0. The molecule has 2 aromatic rings. The minimum absolute atomic E-state index is 0.133. The molecule has 2 heterocycles. The maximum absolute atomic E-state index is 10.9. The van der Waals surface area contributed by atoms with Crippen LogP contribution in [0.25, 0.3) is 0 Å². The highest BCUT2D eigenvalue weighted by atomic mass is 16.5. The first-order chi connectivity index (χ1) is 7.75. The largest absolute Gasteiger partial charge is 0.467 e. The van der Waals surface area contributed by atoms with Gasteiger partial charge in [-0.15, -0.1) is 0 Å². The monoisotopic (exact) mass is 219 g/mol. The van der Waals surface area contributed by atoms with Gasteiger partial charge in [-0.05, 0) is 0 Å². The number of carbonyl (C=O) groups is 1. The van der Waals surface area contributed by atoms with Crippen LogP contribution in [-0.4, -0.2) is 20.7 Å². The second kappa shape index (κ2) is 4.52. The number of carbonyl (C=O) groups excluding carboxylic acids is 1. The maximum Gasteiger partial charge on any atom is 0.232 e. The molecule has 0 fully saturated rings. The van der Waals surface area contributed by atoms with Gasteiger partial charge in [-0.1, -0.05) is 0 Å². The van der Waals surface area contributed by atoms with Crippen molar-refractivity contribution in [2.24, 2.45) is 0 Å². The number of oxazole rings is 1. The lowest BCUT2D eigenvalue weighted by Crippen LogP contribution is -2.01. The molecule has 0 saturated carbocycles. The number of aromatic nitrogens is 3. The Kier molecular flexibility index (Phi) is 2.90. The summed E-state index contributed by atoms with van der Waals surface area (Å²) in [6.07, 6.45) is 5.75. The number of hydrogen-bond acceptors (Lipinski definition) is 6. The van der Waals surface area contributed by atoms with Crippen LogP contribution >= 0.6 is 0 Å². The molecular weight excluding hydrogens is 210 g/mol. The molecule has 0 spiro atoms. The van der Waals surface area contributed by atoms with Crippen LogP contribution < -0.4 is 4.74 Å². The van der Waals surface area contributed by atoms with Gasteiger partial charge in [0.05, 0.1) is 18.6 Å². The molecule has 2 rings (SSSR count). The average Bonchev–Trinajstić information content (AvgIpc) is 2.80. The second-order valence-corrected chi connectivity index (χ2v) is 3.01. The van der Waals surface area contributed by atoms with Crippen molar-refractivity contribution in [2.45, 2.75) is 13.5 Å². The summed E-state index contributed by atoms with van der Waals surface area (Å²) in [5, 5.41) is 0. The zero-order chi connectivity index (χ0) is 11.4. The Morgan fingerprint density at radius 2 is 2.25 bits per heavy atom. The smallest absolute Gasteiger partial charge is 0.232 e. The molecule has 0 saturated heterocycles. The van der Waals surface area contributed by atoms with Crippen LogP contribution in [0.2, 0.25) is 0 Å². The molecule has 0 atom stereocenters. The van der Waals surface area contributed by atoms with E-state index in [1.807, 2.05) is 0 Å². The molecular formula is C10H9N3O3. The molecule has 0 N–H and O–H groups in total. The molecule has 6 heteroatoms. The van der Waals surface area contributed by atoms with Crippen molar-refractivity contribution in [3.63, 3.8) is 0 Å². The van der Waals surface area contributed by atoms with Crippen molar-refractivity contribution in [3.05, 3.63) is 36.4 Å². The SMILES string of the molecule is CC(=O)c1cnc(OCc2ncco2)cn1. The van der Waals surface area contributed by atoms with Crippen LogP contribution in [0.3, 0.4) is 0 Å². The third-order valence-corrected chi connectivity index (χ3v) is 1.82. The summed E-state index contributed by atoms with van der Waals surface area (Å²) in [7, 11) is 0. The van der Waals surface area contributed by atoms with Crippen LogP contribution in [0.5, 0.6) is 5.88 Å². The van der Waals surface area contributed by atoms with Gasteiger partial charge in [0, 0.05) is 6.92 Å². The van der Waals surface area contributed by atoms with Gasteiger partial charge < -0.3 is 9.15 Å². The second-order valence-electron chi connectivity index (χ2n) is 3.01. The first-order valence-corrected chi connectivity index (χ1v) is 4.60. The predicted octanol–water partition coefficient (Wildman–Crippen LogP) is 1.25. The number of hydrogen-bond donors (Lipinski definition) is 0. The highest BCUT2D eigenvalue weighted by Gasteiger charge is 2.04. The Morgan fingerprint density at radius 3 is 2.81 bits per heavy atom. The Hall–Kier alpha value is -2.24. The molecule has 82 valence electrons. The Morgan fingerprint density at radius 1 is 1.38 bits per heavy atom. The van der Waals surface area contributed by atoms with Crippen molar-refractivity contribution in [1.29, 1.82) is 0 Å². The van der Waals surface area contributed by atoms with E-state index in [1.54, 1.807) is 0 Å². The molecule has 0 aromatic carbocycles. The third-order valence-electron chi connectivity index (χ3n) is 1.82. The predicted molar refractivity (Wildman–Crippen MR) is 52.9 cm³/mol. The molecule has 16 heavy (non-hydrogen) atoms. The highest BCUT2D eigenvalue weighted by molar-refractivity contribution is 5.91. The highest BCUT2D eigenvalue weighted by Crippen LogP contribution is 2.07. The van der Waals surface area contributed by atoms with Gasteiger partial charge in [-0.2, -0.15) is 0 Å². The fourth-order valence-corrected chi connectivity index (χ4v) is 1.03. The van der Waals surface area contributed by atoms with E-state index in [-0.39, 0.29) is 12.4 Å². The summed E-state index contributed by atoms with van der Waals surface area (Å²) in [5.74, 6) is 0.646. The van der Waals surface area contributed by atoms with Gasteiger partial charge in [-0.25, -0.2) is 15.0 Å². The molecule has 0 bridgehead atoms. The molecule has 6 nitrogen and oxygen atoms in total. The Labute approximate surface area is 91.3 Å². The summed E-state index contributed by atoms with van der Waals surface area (Å²) in [5.41, 5.74) is 0.309. The Bertz CT molecular complexity index is 465. The van der Waals surface area contributed by atoms with Gasteiger partial charge >= 0.3 is 0 Å². The minimum Gasteiger partial charge on any atom is -0.467 e. The number of ketones is 1. The van der Waals surface area contributed by atoms with E-state index in [9.17, 15) is 4.79 Å². The fourth-order valence-electron chi connectivity index (χ4n) is 1.03. The van der Waals surface area contributed by atoms with Crippen molar-refractivity contribution in [3.8, 4) is 5.88 Å². The zero-order valence-electron chi connectivity index (χ0n) is 8.58. The van der Waals surface area contributed by atoms with E-state index in [4.69, 9.17) is 9.15 Å². The number of ether oxygens (including phenoxy) is 1. The van der Waals surface area contributed by atoms with Crippen LogP contribution in [0.15, 0.2) is 29.3 Å². The van der Waals surface area contributed by atoms with Crippen molar-refractivity contribution in [2.75, 3.05) is 0 Å². The molecule has 0 aliphatic rings. The van der Waals surface area contributed by atoms with Crippen molar-refractivity contribution >= 4 is 5.78 Å². The van der Waals surface area contributed by atoms with Gasteiger partial charge in [0.25, 0.3) is 0 Å². The molecule has 0 unspecified atom stereocenters. The van der Waals surface area contributed by atoms with Crippen LogP contribution in [0, 0.1) is 0 Å². The molecule has 0 amide bonds. The van der Waals surface area contributed by atoms with Crippen molar-refractivity contribution in [1.82, 2.24) is 15.0 Å². The van der Waals surface area contributed by atoms with Gasteiger partial charge in [0.2, 0.25) is 11.8 Å². The summed E-state index contributed by atoms with van der Waals surface area (Å²) in [6.45, 7) is 1.61.